The van der Waals surface area contributed by atoms with Crippen LogP contribution in [0, 0.1) is 5.92 Å². The monoisotopic (exact) mass is 220 g/mol. The lowest BCUT2D eigenvalue weighted by Crippen LogP contribution is -2.27. The van der Waals surface area contributed by atoms with Gasteiger partial charge in [0.1, 0.15) is 0 Å². The van der Waals surface area contributed by atoms with E-state index in [1.165, 1.54) is 17.7 Å². The fourth-order valence-corrected chi connectivity index (χ4v) is 1.91. The molecular weight excluding hydrogens is 196 g/mol. The zero-order valence-electron chi connectivity index (χ0n) is 11.1. The van der Waals surface area contributed by atoms with Crippen molar-refractivity contribution in [2.75, 3.05) is 13.1 Å². The molecule has 0 N–H and O–H groups in total. The Labute approximate surface area is 99.8 Å². The Morgan fingerprint density at radius 3 is 2.75 bits per heavy atom. The van der Waals surface area contributed by atoms with E-state index in [2.05, 4.69) is 50.4 Å². The Bertz CT molecular complexity index is 311. The van der Waals surface area contributed by atoms with Crippen molar-refractivity contribution in [3.8, 4) is 0 Å². The molecule has 0 fully saturated rings. The molecule has 2 heteroatoms. The van der Waals surface area contributed by atoms with E-state index in [9.17, 15) is 0 Å². The second-order valence-electron chi connectivity index (χ2n) is 4.72. The second kappa shape index (κ2) is 5.88. The zero-order chi connectivity index (χ0) is 12.1. The summed E-state index contributed by atoms with van der Waals surface area (Å²) >= 11 is 0. The van der Waals surface area contributed by atoms with E-state index in [0.717, 1.165) is 25.2 Å². The van der Waals surface area contributed by atoms with Crippen molar-refractivity contribution in [1.82, 2.24) is 4.90 Å². The Morgan fingerprint density at radius 2 is 2.25 bits per heavy atom. The standard InChI is InChI=1S/C14H24N2/c1-6-16-9-7-8-13(15-5)14(16)10-12(4)11(2)3/h10-11H,5-9H2,1-4H3/b12-10+. The maximum atomic E-state index is 4.18. The van der Waals surface area contributed by atoms with Crippen molar-refractivity contribution < 1.29 is 0 Å². The highest BCUT2D eigenvalue weighted by Crippen LogP contribution is 2.25. The fraction of sp³-hybridized carbons (Fsp3) is 0.643. The molecule has 0 aromatic heterocycles. The first-order valence-corrected chi connectivity index (χ1v) is 6.23. The predicted molar refractivity (Wildman–Crippen MR) is 71.7 cm³/mol. The SMILES string of the molecule is C=NC1=C(/C=C(\C)C(C)C)N(CC)CCC1. The molecule has 0 bridgehead atoms. The van der Waals surface area contributed by atoms with E-state index < -0.39 is 0 Å². The predicted octanol–water partition coefficient (Wildman–Crippen LogP) is 3.62. The average molecular weight is 220 g/mol. The minimum Gasteiger partial charge on any atom is -0.370 e. The van der Waals surface area contributed by atoms with Gasteiger partial charge in [0.15, 0.2) is 0 Å². The lowest BCUT2D eigenvalue weighted by Gasteiger charge is -2.30. The molecule has 0 aromatic carbocycles. The van der Waals surface area contributed by atoms with E-state index in [1.807, 2.05) is 0 Å². The van der Waals surface area contributed by atoms with E-state index in [1.54, 1.807) is 0 Å². The highest BCUT2D eigenvalue weighted by atomic mass is 15.1. The lowest BCUT2D eigenvalue weighted by molar-refractivity contribution is 0.341. The minimum absolute atomic E-state index is 0.596. The smallest absolute Gasteiger partial charge is 0.0630 e. The highest BCUT2D eigenvalue weighted by Gasteiger charge is 2.16. The number of aliphatic imine (C=N–C) groups is 1. The van der Waals surface area contributed by atoms with Crippen molar-refractivity contribution in [2.45, 2.75) is 40.5 Å². The van der Waals surface area contributed by atoms with E-state index >= 15 is 0 Å². The summed E-state index contributed by atoms with van der Waals surface area (Å²) in [4.78, 5) is 6.59. The van der Waals surface area contributed by atoms with Crippen LogP contribution in [0.2, 0.25) is 0 Å². The van der Waals surface area contributed by atoms with Gasteiger partial charge in [-0.15, -0.1) is 0 Å². The molecule has 0 atom stereocenters. The Kier molecular flexibility index (Phi) is 4.78. The van der Waals surface area contributed by atoms with Crippen LogP contribution < -0.4 is 0 Å². The molecule has 16 heavy (non-hydrogen) atoms. The Balaban J connectivity index is 3.05. The third-order valence-corrected chi connectivity index (χ3v) is 3.33. The summed E-state index contributed by atoms with van der Waals surface area (Å²) < 4.78 is 0. The molecule has 0 amide bonds. The maximum absolute atomic E-state index is 4.18. The first kappa shape index (κ1) is 13.0. The molecule has 0 unspecified atom stereocenters. The van der Waals surface area contributed by atoms with Crippen LogP contribution in [-0.2, 0) is 0 Å². The van der Waals surface area contributed by atoms with Gasteiger partial charge in [0.2, 0.25) is 0 Å². The number of hydrogen-bond donors (Lipinski definition) is 0. The largest absolute Gasteiger partial charge is 0.370 e. The zero-order valence-corrected chi connectivity index (χ0v) is 11.1. The number of hydrogen-bond acceptors (Lipinski definition) is 2. The van der Waals surface area contributed by atoms with Gasteiger partial charge in [-0.1, -0.05) is 19.4 Å². The van der Waals surface area contributed by atoms with E-state index in [0.29, 0.717) is 5.92 Å². The summed E-state index contributed by atoms with van der Waals surface area (Å²) in [5.74, 6) is 0.596. The van der Waals surface area contributed by atoms with Gasteiger partial charge in [0.25, 0.3) is 0 Å². The second-order valence-corrected chi connectivity index (χ2v) is 4.72. The number of allylic oxidation sites excluding steroid dienone is 3. The summed E-state index contributed by atoms with van der Waals surface area (Å²) in [6.45, 7) is 14.7. The van der Waals surface area contributed by atoms with Crippen LogP contribution in [0.4, 0.5) is 0 Å². The minimum atomic E-state index is 0.596. The molecular formula is C14H24N2. The molecule has 0 saturated heterocycles. The highest BCUT2D eigenvalue weighted by molar-refractivity contribution is 5.36. The summed E-state index contributed by atoms with van der Waals surface area (Å²) in [6, 6.07) is 0. The summed E-state index contributed by atoms with van der Waals surface area (Å²) in [7, 11) is 0. The van der Waals surface area contributed by atoms with Crippen LogP contribution in [0.15, 0.2) is 28.0 Å². The van der Waals surface area contributed by atoms with Gasteiger partial charge >= 0.3 is 0 Å². The number of likely N-dealkylation sites (N-methyl/N-ethyl adjacent to an activating group) is 1. The molecule has 1 rings (SSSR count). The van der Waals surface area contributed by atoms with Gasteiger partial charge in [-0.3, -0.25) is 4.99 Å². The topological polar surface area (TPSA) is 15.6 Å². The average Bonchev–Trinajstić information content (AvgIpc) is 2.29. The van der Waals surface area contributed by atoms with Gasteiger partial charge in [-0.2, -0.15) is 0 Å². The van der Waals surface area contributed by atoms with Crippen LogP contribution in [0.1, 0.15) is 40.5 Å². The van der Waals surface area contributed by atoms with Crippen molar-refractivity contribution in [3.63, 3.8) is 0 Å². The third kappa shape index (κ3) is 2.97. The first-order chi connectivity index (χ1) is 7.60. The van der Waals surface area contributed by atoms with Crippen LogP contribution in [0.25, 0.3) is 0 Å². The van der Waals surface area contributed by atoms with Crippen molar-refractivity contribution >= 4 is 6.72 Å². The molecule has 90 valence electrons. The normalized spacial score (nSPS) is 18.3. The van der Waals surface area contributed by atoms with E-state index in [-0.39, 0.29) is 0 Å². The van der Waals surface area contributed by atoms with Gasteiger partial charge in [0.05, 0.1) is 11.4 Å². The maximum Gasteiger partial charge on any atom is 0.0630 e. The van der Waals surface area contributed by atoms with Gasteiger partial charge in [0, 0.05) is 13.1 Å². The summed E-state index contributed by atoms with van der Waals surface area (Å²) in [6.07, 6.45) is 4.55. The first-order valence-electron chi connectivity index (χ1n) is 6.23. The van der Waals surface area contributed by atoms with Gasteiger partial charge in [-0.25, -0.2) is 0 Å². The molecule has 1 heterocycles. The molecule has 0 radical (unpaired) electrons. The Morgan fingerprint density at radius 1 is 1.56 bits per heavy atom. The van der Waals surface area contributed by atoms with Crippen LogP contribution >= 0.6 is 0 Å². The fourth-order valence-electron chi connectivity index (χ4n) is 1.91. The van der Waals surface area contributed by atoms with Crippen molar-refractivity contribution in [3.05, 3.63) is 23.0 Å². The van der Waals surface area contributed by atoms with Crippen LogP contribution in [-0.4, -0.2) is 24.7 Å². The quantitative estimate of drug-likeness (QED) is 0.661. The summed E-state index contributed by atoms with van der Waals surface area (Å²) in [5, 5.41) is 0. The molecule has 0 aliphatic carbocycles. The van der Waals surface area contributed by atoms with Crippen LogP contribution in [0.3, 0.4) is 0 Å². The van der Waals surface area contributed by atoms with Crippen molar-refractivity contribution in [1.29, 1.82) is 0 Å². The van der Waals surface area contributed by atoms with Gasteiger partial charge < -0.3 is 4.90 Å². The molecule has 1 aliphatic rings. The molecule has 1 aliphatic heterocycles. The molecule has 0 spiro atoms. The summed E-state index contributed by atoms with van der Waals surface area (Å²) in [5.41, 5.74) is 3.86. The molecule has 0 saturated carbocycles. The molecule has 0 aromatic rings. The van der Waals surface area contributed by atoms with Crippen molar-refractivity contribution in [2.24, 2.45) is 10.9 Å². The Hall–Kier alpha value is -1.05. The van der Waals surface area contributed by atoms with E-state index in [4.69, 9.17) is 0 Å². The lowest BCUT2D eigenvalue weighted by atomic mass is 10.0. The molecule has 2 nitrogen and oxygen atoms in total. The van der Waals surface area contributed by atoms with Gasteiger partial charge in [-0.05, 0) is 45.4 Å². The van der Waals surface area contributed by atoms with Crippen LogP contribution in [0.5, 0.6) is 0 Å². The number of nitrogens with zero attached hydrogens (tertiary/aromatic N) is 2. The number of rotatable bonds is 4. The third-order valence-electron chi connectivity index (χ3n) is 3.33.